The third kappa shape index (κ3) is 2.99. The molecule has 0 aliphatic carbocycles. The van der Waals surface area contributed by atoms with E-state index in [4.69, 9.17) is 0 Å². The SMILES string of the molecule is CC(=O)c1csc(NS(=O)(=O)c2cc(F)ccc2F)n1. The number of nitrogens with zero attached hydrogens (tertiary/aromatic N) is 1. The van der Waals surface area contributed by atoms with Crippen molar-refractivity contribution in [3.05, 3.63) is 40.9 Å². The van der Waals surface area contributed by atoms with Crippen molar-refractivity contribution in [1.82, 2.24) is 4.98 Å². The predicted octanol–water partition coefficient (Wildman–Crippen LogP) is 2.42. The van der Waals surface area contributed by atoms with E-state index in [9.17, 15) is 22.0 Å². The maximum atomic E-state index is 13.4. The topological polar surface area (TPSA) is 76.1 Å². The summed E-state index contributed by atoms with van der Waals surface area (Å²) in [6.45, 7) is 1.28. The van der Waals surface area contributed by atoms with E-state index < -0.39 is 26.6 Å². The largest absolute Gasteiger partial charge is 0.293 e. The van der Waals surface area contributed by atoms with Gasteiger partial charge in [0.15, 0.2) is 10.9 Å². The predicted molar refractivity (Wildman–Crippen MR) is 69.3 cm³/mol. The second-order valence-electron chi connectivity index (χ2n) is 3.77. The summed E-state index contributed by atoms with van der Waals surface area (Å²) in [6, 6.07) is 2.09. The lowest BCUT2D eigenvalue weighted by Crippen LogP contribution is -2.15. The van der Waals surface area contributed by atoms with Crippen molar-refractivity contribution in [1.29, 1.82) is 0 Å². The smallest absolute Gasteiger partial charge is 0.266 e. The van der Waals surface area contributed by atoms with Crippen molar-refractivity contribution in [3.63, 3.8) is 0 Å². The number of carbonyl (C=O) groups is 1. The molecule has 2 aromatic rings. The number of hydrogen-bond acceptors (Lipinski definition) is 5. The fraction of sp³-hybridized carbons (Fsp3) is 0.0909. The van der Waals surface area contributed by atoms with Crippen molar-refractivity contribution in [3.8, 4) is 0 Å². The summed E-state index contributed by atoms with van der Waals surface area (Å²) in [5.41, 5.74) is 0.0902. The van der Waals surface area contributed by atoms with Crippen LogP contribution >= 0.6 is 11.3 Å². The van der Waals surface area contributed by atoms with Crippen molar-refractivity contribution in [2.24, 2.45) is 0 Å². The van der Waals surface area contributed by atoms with Crippen LogP contribution in [0.25, 0.3) is 0 Å². The average molecular weight is 318 g/mol. The number of nitrogens with one attached hydrogen (secondary N) is 1. The molecular formula is C11H8F2N2O3S2. The second-order valence-corrected chi connectivity index (χ2v) is 6.28. The third-order valence-corrected chi connectivity index (χ3v) is 4.51. The van der Waals surface area contributed by atoms with Crippen LogP contribution in [0.2, 0.25) is 0 Å². The van der Waals surface area contributed by atoms with Gasteiger partial charge in [-0.05, 0) is 18.2 Å². The first-order valence-electron chi connectivity index (χ1n) is 5.24. The van der Waals surface area contributed by atoms with Gasteiger partial charge >= 0.3 is 0 Å². The summed E-state index contributed by atoms with van der Waals surface area (Å²) in [7, 11) is -4.31. The highest BCUT2D eigenvalue weighted by Gasteiger charge is 2.21. The van der Waals surface area contributed by atoms with Gasteiger partial charge in [0.1, 0.15) is 22.2 Å². The highest BCUT2D eigenvalue weighted by atomic mass is 32.2. The second kappa shape index (κ2) is 5.25. The lowest BCUT2D eigenvalue weighted by Gasteiger charge is -2.06. The zero-order valence-electron chi connectivity index (χ0n) is 10.1. The molecule has 0 spiro atoms. The number of Topliss-reactive ketones (excluding diaryl/α,β-unsaturated/α-hetero) is 1. The number of thiazole rings is 1. The molecule has 0 aliphatic heterocycles. The molecule has 9 heteroatoms. The quantitative estimate of drug-likeness (QED) is 0.878. The molecule has 0 aliphatic rings. The summed E-state index contributed by atoms with van der Waals surface area (Å²) in [4.78, 5) is 14.0. The molecule has 20 heavy (non-hydrogen) atoms. The van der Waals surface area contributed by atoms with Crippen molar-refractivity contribution < 1.29 is 22.0 Å². The van der Waals surface area contributed by atoms with Crippen LogP contribution in [0.5, 0.6) is 0 Å². The standard InChI is InChI=1S/C11H8F2N2O3S2/c1-6(16)9-5-19-11(14-9)15-20(17,18)10-4-7(12)2-3-8(10)13/h2-5H,1H3,(H,14,15). The Bertz CT molecular complexity index is 772. The van der Waals surface area contributed by atoms with Gasteiger partial charge < -0.3 is 0 Å². The molecule has 0 radical (unpaired) electrons. The molecule has 0 unspecified atom stereocenters. The maximum absolute atomic E-state index is 13.4. The molecule has 0 amide bonds. The number of anilines is 1. The number of aromatic nitrogens is 1. The van der Waals surface area contributed by atoms with Crippen LogP contribution in [0.3, 0.4) is 0 Å². The minimum atomic E-state index is -4.31. The highest BCUT2D eigenvalue weighted by molar-refractivity contribution is 7.93. The zero-order chi connectivity index (χ0) is 14.9. The summed E-state index contributed by atoms with van der Waals surface area (Å²) in [5.74, 6) is -2.29. The molecule has 0 saturated heterocycles. The molecule has 0 atom stereocenters. The molecule has 1 heterocycles. The molecule has 1 aromatic heterocycles. The first-order valence-corrected chi connectivity index (χ1v) is 7.60. The minimum Gasteiger partial charge on any atom is -0.293 e. The summed E-state index contributed by atoms with van der Waals surface area (Å²) in [6.07, 6.45) is 0. The van der Waals surface area contributed by atoms with E-state index in [1.165, 1.54) is 12.3 Å². The molecule has 106 valence electrons. The summed E-state index contributed by atoms with van der Waals surface area (Å²) >= 11 is 0.871. The van der Waals surface area contributed by atoms with Crippen LogP contribution < -0.4 is 4.72 Å². The third-order valence-electron chi connectivity index (χ3n) is 2.27. The average Bonchev–Trinajstić information content (AvgIpc) is 2.80. The van der Waals surface area contributed by atoms with Gasteiger partial charge in [-0.3, -0.25) is 9.52 Å². The molecule has 0 saturated carbocycles. The Hall–Kier alpha value is -1.87. The number of ketones is 1. The van der Waals surface area contributed by atoms with E-state index in [0.29, 0.717) is 12.1 Å². The fourth-order valence-electron chi connectivity index (χ4n) is 1.34. The minimum absolute atomic E-state index is 0.0902. The summed E-state index contributed by atoms with van der Waals surface area (Å²) in [5, 5.41) is 1.26. The fourth-order valence-corrected chi connectivity index (χ4v) is 3.43. The van der Waals surface area contributed by atoms with Crippen LogP contribution in [0.4, 0.5) is 13.9 Å². The number of hydrogen-bond donors (Lipinski definition) is 1. The Kier molecular flexibility index (Phi) is 3.82. The van der Waals surface area contributed by atoms with Gasteiger partial charge in [0.05, 0.1) is 0 Å². The van der Waals surface area contributed by atoms with Crippen molar-refractivity contribution >= 4 is 32.3 Å². The Labute approximate surface area is 117 Å². The van der Waals surface area contributed by atoms with E-state index >= 15 is 0 Å². The number of rotatable bonds is 4. The number of halogens is 2. The monoisotopic (exact) mass is 318 g/mol. The first-order chi connectivity index (χ1) is 9.29. The van der Waals surface area contributed by atoms with Crippen LogP contribution in [0, 0.1) is 11.6 Å². The molecule has 0 bridgehead atoms. The van der Waals surface area contributed by atoms with Crippen LogP contribution in [-0.2, 0) is 10.0 Å². The number of benzene rings is 1. The van der Waals surface area contributed by atoms with E-state index in [-0.39, 0.29) is 16.6 Å². The molecule has 5 nitrogen and oxygen atoms in total. The highest BCUT2D eigenvalue weighted by Crippen LogP contribution is 2.22. The molecule has 2 rings (SSSR count). The van der Waals surface area contributed by atoms with E-state index in [0.717, 1.165) is 17.4 Å². The molecule has 1 N–H and O–H groups in total. The first kappa shape index (κ1) is 14.5. The molecular weight excluding hydrogens is 310 g/mol. The lowest BCUT2D eigenvalue weighted by atomic mass is 10.3. The Morgan fingerprint density at radius 1 is 1.35 bits per heavy atom. The van der Waals surface area contributed by atoms with Crippen molar-refractivity contribution in [2.75, 3.05) is 4.72 Å². The Morgan fingerprint density at radius 3 is 2.65 bits per heavy atom. The Morgan fingerprint density at radius 2 is 2.05 bits per heavy atom. The number of carbonyl (C=O) groups excluding carboxylic acids is 1. The van der Waals surface area contributed by atoms with Crippen LogP contribution in [0.15, 0.2) is 28.5 Å². The maximum Gasteiger partial charge on any atom is 0.266 e. The summed E-state index contributed by atoms with van der Waals surface area (Å²) < 4.78 is 52.3. The van der Waals surface area contributed by atoms with Gasteiger partial charge in [-0.1, -0.05) is 0 Å². The lowest BCUT2D eigenvalue weighted by molar-refractivity contribution is 0.101. The van der Waals surface area contributed by atoms with E-state index in [1.54, 1.807) is 0 Å². The molecule has 0 fully saturated rings. The zero-order valence-corrected chi connectivity index (χ0v) is 11.7. The van der Waals surface area contributed by atoms with Crippen molar-refractivity contribution in [2.45, 2.75) is 11.8 Å². The van der Waals surface area contributed by atoms with Crippen LogP contribution in [0.1, 0.15) is 17.4 Å². The van der Waals surface area contributed by atoms with Gasteiger partial charge in [-0.15, -0.1) is 11.3 Å². The van der Waals surface area contributed by atoms with Gasteiger partial charge in [0, 0.05) is 12.3 Å². The Balaban J connectivity index is 2.35. The van der Waals surface area contributed by atoms with Gasteiger partial charge in [-0.25, -0.2) is 22.2 Å². The van der Waals surface area contributed by atoms with Crippen LogP contribution in [-0.4, -0.2) is 19.2 Å². The molecule has 1 aromatic carbocycles. The van der Waals surface area contributed by atoms with E-state index in [2.05, 4.69) is 4.98 Å². The van der Waals surface area contributed by atoms with Gasteiger partial charge in [-0.2, -0.15) is 0 Å². The number of sulfonamides is 1. The van der Waals surface area contributed by atoms with Gasteiger partial charge in [0.2, 0.25) is 0 Å². The van der Waals surface area contributed by atoms with E-state index in [1.807, 2.05) is 4.72 Å². The normalized spacial score (nSPS) is 11.3. The van der Waals surface area contributed by atoms with Gasteiger partial charge in [0.25, 0.3) is 10.0 Å².